The fourth-order valence-corrected chi connectivity index (χ4v) is 1.17. The second-order valence-electron chi connectivity index (χ2n) is 5.73. The van der Waals surface area contributed by atoms with Crippen LogP contribution in [-0.4, -0.2) is 64.3 Å². The van der Waals surface area contributed by atoms with Crippen LogP contribution in [0.15, 0.2) is 0 Å². The van der Waals surface area contributed by atoms with Gasteiger partial charge >= 0.3 is 0 Å². The molecule has 0 aromatic heterocycles. The molecule has 14 heavy (non-hydrogen) atoms. The van der Waals surface area contributed by atoms with Crippen molar-refractivity contribution in [1.29, 1.82) is 0 Å². The Morgan fingerprint density at radius 1 is 0.571 bits per heavy atom. The molecule has 90 valence electrons. The third kappa shape index (κ3) is 19.0. The molecule has 0 aromatic rings. The lowest BCUT2D eigenvalue weighted by Gasteiger charge is -2.26. The smallest absolute Gasteiger partial charge is 0.0782 e. The number of hydrogen-bond donors (Lipinski definition) is 0. The third-order valence-electron chi connectivity index (χ3n) is 1.91. The fourth-order valence-electron chi connectivity index (χ4n) is 1.17. The Morgan fingerprint density at radius 3 is 0.929 bits per heavy atom. The fraction of sp³-hybridized carbons (Fsp3) is 1.00. The quantitative estimate of drug-likeness (QED) is 0.235. The van der Waals surface area contributed by atoms with E-state index in [9.17, 15) is 0 Å². The van der Waals surface area contributed by atoms with E-state index < -0.39 is 0 Å². The summed E-state index contributed by atoms with van der Waals surface area (Å²) < 4.78 is 2.19. The van der Waals surface area contributed by atoms with Crippen molar-refractivity contribution in [2.45, 2.75) is 12.8 Å². The molecule has 0 aliphatic carbocycles. The highest BCUT2D eigenvalue weighted by Gasteiger charge is 2.09. The van der Waals surface area contributed by atoms with Crippen molar-refractivity contribution in [1.82, 2.24) is 0 Å². The van der Waals surface area contributed by atoms with Crippen LogP contribution >= 0.6 is 0 Å². The molecule has 0 N–H and O–H groups in total. The average molecular weight is 428 g/mol. The molecular formula is C10H26I2N2. The summed E-state index contributed by atoms with van der Waals surface area (Å²) in [6, 6.07) is 0. The van der Waals surface area contributed by atoms with Crippen LogP contribution in [0.1, 0.15) is 12.8 Å². The topological polar surface area (TPSA) is 0 Å². The number of quaternary nitrogens is 2. The van der Waals surface area contributed by atoms with Crippen molar-refractivity contribution in [3.8, 4) is 0 Å². The molecule has 0 aliphatic rings. The third-order valence-corrected chi connectivity index (χ3v) is 1.91. The molecule has 0 fully saturated rings. The summed E-state index contributed by atoms with van der Waals surface area (Å²) in [5.41, 5.74) is 0. The summed E-state index contributed by atoms with van der Waals surface area (Å²) in [4.78, 5) is 0. The highest BCUT2D eigenvalue weighted by atomic mass is 127. The first kappa shape index (κ1) is 20.8. The summed E-state index contributed by atoms with van der Waals surface area (Å²) in [6.45, 7) is 2.58. The molecule has 0 radical (unpaired) electrons. The molecule has 4 heteroatoms. The van der Waals surface area contributed by atoms with Gasteiger partial charge in [-0.25, -0.2) is 0 Å². The molecule has 0 aromatic carbocycles. The molecule has 2 nitrogen and oxygen atoms in total. The molecule has 0 saturated carbocycles. The zero-order valence-electron chi connectivity index (χ0n) is 10.5. The maximum Gasteiger partial charge on any atom is 0.0782 e. The molecule has 0 unspecified atom stereocenters. The molecule has 0 bridgehead atoms. The van der Waals surface area contributed by atoms with E-state index in [1.165, 1.54) is 25.9 Å². The van der Waals surface area contributed by atoms with Crippen LogP contribution in [0.3, 0.4) is 0 Å². The largest absolute Gasteiger partial charge is 1.00 e. The van der Waals surface area contributed by atoms with Gasteiger partial charge in [0.1, 0.15) is 0 Å². The van der Waals surface area contributed by atoms with Gasteiger partial charge < -0.3 is 56.9 Å². The molecule has 0 aliphatic heterocycles. The SMILES string of the molecule is C[N+](C)(C)CCCC[N+](C)(C)C.[I-].[I-]. The molecular weight excluding hydrogens is 402 g/mol. The minimum absolute atomic E-state index is 0. The van der Waals surface area contributed by atoms with Gasteiger partial charge in [0, 0.05) is 12.8 Å². The first-order valence-electron chi connectivity index (χ1n) is 4.82. The molecule has 0 heterocycles. The van der Waals surface area contributed by atoms with Crippen LogP contribution in [-0.2, 0) is 0 Å². The predicted octanol–water partition coefficient (Wildman–Crippen LogP) is -4.81. The van der Waals surface area contributed by atoms with Crippen LogP contribution in [0, 0.1) is 0 Å². The van der Waals surface area contributed by atoms with Crippen molar-refractivity contribution in [3.05, 3.63) is 0 Å². The van der Waals surface area contributed by atoms with Gasteiger partial charge in [-0.15, -0.1) is 0 Å². The lowest BCUT2D eigenvalue weighted by Crippen LogP contribution is -3.00. The van der Waals surface area contributed by atoms with Gasteiger partial charge in [-0.1, -0.05) is 0 Å². The number of halogens is 2. The van der Waals surface area contributed by atoms with Gasteiger partial charge in [0.25, 0.3) is 0 Å². The van der Waals surface area contributed by atoms with Gasteiger partial charge in [-0.2, -0.15) is 0 Å². The molecule has 0 amide bonds. The van der Waals surface area contributed by atoms with E-state index in [-0.39, 0.29) is 48.0 Å². The van der Waals surface area contributed by atoms with Crippen molar-refractivity contribution in [2.24, 2.45) is 0 Å². The van der Waals surface area contributed by atoms with Gasteiger partial charge in [0.2, 0.25) is 0 Å². The van der Waals surface area contributed by atoms with Crippen molar-refractivity contribution >= 4 is 0 Å². The lowest BCUT2D eigenvalue weighted by atomic mass is 10.2. The molecule has 0 saturated heterocycles. The normalized spacial score (nSPS) is 11.6. The van der Waals surface area contributed by atoms with Gasteiger partial charge in [-0.3, -0.25) is 0 Å². The van der Waals surface area contributed by atoms with E-state index >= 15 is 0 Å². The van der Waals surface area contributed by atoms with Gasteiger partial charge in [0.05, 0.1) is 55.4 Å². The van der Waals surface area contributed by atoms with E-state index in [1.54, 1.807) is 0 Å². The van der Waals surface area contributed by atoms with Gasteiger partial charge in [-0.05, 0) is 0 Å². The summed E-state index contributed by atoms with van der Waals surface area (Å²) in [5, 5.41) is 0. The van der Waals surface area contributed by atoms with Crippen molar-refractivity contribution in [2.75, 3.05) is 55.4 Å². The standard InChI is InChI=1S/C10H26N2.2HI/c1-11(2,3)9-7-8-10-12(4,5)6;;/h7-10H2,1-6H3;2*1H/q+2;;/p-2. The van der Waals surface area contributed by atoms with E-state index in [0.29, 0.717) is 0 Å². The van der Waals surface area contributed by atoms with E-state index in [2.05, 4.69) is 42.3 Å². The summed E-state index contributed by atoms with van der Waals surface area (Å²) in [7, 11) is 13.5. The Balaban J connectivity index is -0.000000605. The Bertz CT molecular complexity index is 109. The van der Waals surface area contributed by atoms with Crippen molar-refractivity contribution in [3.63, 3.8) is 0 Å². The maximum atomic E-state index is 2.26. The van der Waals surface area contributed by atoms with E-state index in [4.69, 9.17) is 0 Å². The van der Waals surface area contributed by atoms with Crippen LogP contribution in [0.25, 0.3) is 0 Å². The van der Waals surface area contributed by atoms with E-state index in [0.717, 1.165) is 8.97 Å². The second-order valence-corrected chi connectivity index (χ2v) is 5.73. The van der Waals surface area contributed by atoms with Crippen LogP contribution < -0.4 is 48.0 Å². The van der Waals surface area contributed by atoms with Crippen LogP contribution in [0.2, 0.25) is 0 Å². The highest BCUT2D eigenvalue weighted by Crippen LogP contribution is 2.00. The van der Waals surface area contributed by atoms with Crippen LogP contribution in [0.4, 0.5) is 0 Å². The Kier molecular flexibility index (Phi) is 12.6. The van der Waals surface area contributed by atoms with Gasteiger partial charge in [0.15, 0.2) is 0 Å². The lowest BCUT2D eigenvalue weighted by molar-refractivity contribution is -0.877. The Morgan fingerprint density at radius 2 is 0.786 bits per heavy atom. The number of unbranched alkanes of at least 4 members (excludes halogenated alkanes) is 1. The average Bonchev–Trinajstić information content (AvgIpc) is 1.76. The molecule has 0 rings (SSSR count). The summed E-state index contributed by atoms with van der Waals surface area (Å²) in [6.07, 6.45) is 2.69. The Labute approximate surface area is 124 Å². The zero-order valence-corrected chi connectivity index (χ0v) is 14.8. The second kappa shape index (κ2) is 8.52. The predicted molar refractivity (Wildman–Crippen MR) is 55.0 cm³/mol. The minimum Gasteiger partial charge on any atom is -1.00 e. The molecule has 0 spiro atoms. The van der Waals surface area contributed by atoms with Crippen molar-refractivity contribution < 1.29 is 56.9 Å². The molecule has 0 atom stereocenters. The maximum absolute atomic E-state index is 2.26. The van der Waals surface area contributed by atoms with E-state index in [1.807, 2.05) is 0 Å². The first-order valence-corrected chi connectivity index (χ1v) is 4.82. The zero-order chi connectivity index (χ0) is 9.83. The number of nitrogens with zero attached hydrogens (tertiary/aromatic N) is 2. The monoisotopic (exact) mass is 428 g/mol. The minimum atomic E-state index is 0. The Hall–Kier alpha value is 1.38. The summed E-state index contributed by atoms with van der Waals surface area (Å²) in [5.74, 6) is 0. The first-order chi connectivity index (χ1) is 5.21. The summed E-state index contributed by atoms with van der Waals surface area (Å²) >= 11 is 0. The highest BCUT2D eigenvalue weighted by molar-refractivity contribution is 4.37. The van der Waals surface area contributed by atoms with Crippen LogP contribution in [0.5, 0.6) is 0 Å². The number of rotatable bonds is 5. The number of hydrogen-bond acceptors (Lipinski definition) is 0.